The van der Waals surface area contributed by atoms with Crippen molar-refractivity contribution in [1.29, 1.82) is 0 Å². The van der Waals surface area contributed by atoms with Gasteiger partial charge in [-0.1, -0.05) is 23.2 Å². The first-order valence-corrected chi connectivity index (χ1v) is 8.33. The highest BCUT2D eigenvalue weighted by atomic mass is 35.5. The number of benzene rings is 1. The molecule has 1 amide bonds. The van der Waals surface area contributed by atoms with E-state index in [9.17, 15) is 13.6 Å². The van der Waals surface area contributed by atoms with Crippen LogP contribution >= 0.6 is 23.2 Å². The number of hydrogen-bond donors (Lipinski definition) is 4. The Labute approximate surface area is 149 Å². The SMILES string of the molecule is CC1CC(C(F)F)NC(C(CN)C(=O)Nc2ccc(Cl)c(Cl)c2)N1. The number of nitrogens with two attached hydrogens (primary N) is 1. The fraction of sp³-hybridized carbons (Fsp3) is 0.533. The summed E-state index contributed by atoms with van der Waals surface area (Å²) >= 11 is 11.8. The van der Waals surface area contributed by atoms with Gasteiger partial charge in [-0.3, -0.25) is 15.4 Å². The van der Waals surface area contributed by atoms with Crippen LogP contribution in [0.25, 0.3) is 0 Å². The van der Waals surface area contributed by atoms with Gasteiger partial charge >= 0.3 is 0 Å². The van der Waals surface area contributed by atoms with Crippen molar-refractivity contribution in [2.24, 2.45) is 11.7 Å². The topological polar surface area (TPSA) is 79.2 Å². The van der Waals surface area contributed by atoms with Gasteiger partial charge in [0.2, 0.25) is 5.91 Å². The second-order valence-corrected chi connectivity index (χ2v) is 6.66. The van der Waals surface area contributed by atoms with Gasteiger partial charge in [-0.15, -0.1) is 0 Å². The minimum atomic E-state index is -2.51. The van der Waals surface area contributed by atoms with Crippen LogP contribution in [0, 0.1) is 5.92 Å². The van der Waals surface area contributed by atoms with E-state index in [1.165, 1.54) is 6.07 Å². The smallest absolute Gasteiger partial charge is 0.253 e. The van der Waals surface area contributed by atoms with E-state index in [2.05, 4.69) is 16.0 Å². The standard InChI is InChI=1S/C15H20Cl2F2N4O/c1-7-4-12(13(18)19)23-14(21-7)9(6-20)15(24)22-8-2-3-10(16)11(17)5-8/h2-3,5,7,9,12-14,21,23H,4,6,20H2,1H3,(H,22,24). The first-order valence-electron chi connectivity index (χ1n) is 7.58. The lowest BCUT2D eigenvalue weighted by atomic mass is 9.97. The second-order valence-electron chi connectivity index (χ2n) is 5.85. The molecule has 5 nitrogen and oxygen atoms in total. The molecule has 1 fully saturated rings. The molecule has 1 aromatic rings. The van der Waals surface area contributed by atoms with Crippen molar-refractivity contribution in [2.75, 3.05) is 11.9 Å². The molecule has 0 spiro atoms. The molecule has 1 heterocycles. The van der Waals surface area contributed by atoms with Gasteiger partial charge < -0.3 is 11.1 Å². The van der Waals surface area contributed by atoms with E-state index in [0.29, 0.717) is 15.7 Å². The van der Waals surface area contributed by atoms with Gasteiger partial charge in [-0.05, 0) is 31.5 Å². The zero-order valence-electron chi connectivity index (χ0n) is 13.0. The van der Waals surface area contributed by atoms with Crippen LogP contribution in [0.15, 0.2) is 18.2 Å². The summed E-state index contributed by atoms with van der Waals surface area (Å²) in [5.41, 5.74) is 6.16. The summed E-state index contributed by atoms with van der Waals surface area (Å²) in [5, 5.41) is 9.24. The van der Waals surface area contributed by atoms with Crippen molar-refractivity contribution in [2.45, 2.75) is 38.0 Å². The number of nitrogens with one attached hydrogen (secondary N) is 3. The number of amides is 1. The largest absolute Gasteiger partial charge is 0.330 e. The average Bonchev–Trinajstić information content (AvgIpc) is 2.51. The van der Waals surface area contributed by atoms with Crippen LogP contribution in [0.5, 0.6) is 0 Å². The Kier molecular flexibility index (Phi) is 6.77. The second kappa shape index (κ2) is 8.40. The highest BCUT2D eigenvalue weighted by Crippen LogP contribution is 2.25. The molecule has 4 unspecified atom stereocenters. The van der Waals surface area contributed by atoms with Crippen molar-refractivity contribution >= 4 is 34.8 Å². The number of anilines is 1. The normalized spacial score (nSPS) is 25.5. The molecule has 1 aliphatic rings. The van der Waals surface area contributed by atoms with E-state index in [4.69, 9.17) is 28.9 Å². The van der Waals surface area contributed by atoms with Crippen molar-refractivity contribution in [3.8, 4) is 0 Å². The molecular weight excluding hydrogens is 361 g/mol. The van der Waals surface area contributed by atoms with Crippen LogP contribution < -0.4 is 21.7 Å². The summed E-state index contributed by atoms with van der Waals surface area (Å²) < 4.78 is 26.0. The zero-order valence-corrected chi connectivity index (χ0v) is 14.5. The number of halogens is 4. The van der Waals surface area contributed by atoms with Gasteiger partial charge in [0.25, 0.3) is 6.43 Å². The summed E-state index contributed by atoms with van der Waals surface area (Å²) in [4.78, 5) is 12.5. The van der Waals surface area contributed by atoms with Crippen molar-refractivity contribution < 1.29 is 13.6 Å². The van der Waals surface area contributed by atoms with Crippen LogP contribution in [0.1, 0.15) is 13.3 Å². The summed E-state index contributed by atoms with van der Waals surface area (Å²) in [5.74, 6) is -1.11. The lowest BCUT2D eigenvalue weighted by Crippen LogP contribution is -2.64. The Morgan fingerprint density at radius 3 is 2.67 bits per heavy atom. The summed E-state index contributed by atoms with van der Waals surface area (Å²) in [7, 11) is 0. The summed E-state index contributed by atoms with van der Waals surface area (Å²) in [6.07, 6.45) is -2.87. The molecule has 134 valence electrons. The number of hydrogen-bond acceptors (Lipinski definition) is 4. The van der Waals surface area contributed by atoms with Crippen LogP contribution in [-0.2, 0) is 4.79 Å². The molecule has 0 radical (unpaired) electrons. The minimum absolute atomic E-state index is 0.000496. The Bertz CT molecular complexity index is 591. The molecule has 4 atom stereocenters. The predicted molar refractivity (Wildman–Crippen MR) is 91.6 cm³/mol. The molecule has 1 aromatic carbocycles. The molecule has 0 bridgehead atoms. The number of alkyl halides is 2. The highest BCUT2D eigenvalue weighted by molar-refractivity contribution is 6.42. The van der Waals surface area contributed by atoms with E-state index in [1.807, 2.05) is 0 Å². The molecule has 1 saturated heterocycles. The first-order chi connectivity index (χ1) is 11.3. The molecule has 0 saturated carbocycles. The van der Waals surface area contributed by atoms with Gasteiger partial charge in [0.05, 0.1) is 28.2 Å². The Hall–Kier alpha value is -0.990. The monoisotopic (exact) mass is 380 g/mol. The van der Waals surface area contributed by atoms with Crippen LogP contribution in [0.3, 0.4) is 0 Å². The first kappa shape index (κ1) is 19.3. The average molecular weight is 381 g/mol. The van der Waals surface area contributed by atoms with E-state index >= 15 is 0 Å². The van der Waals surface area contributed by atoms with E-state index in [0.717, 1.165) is 0 Å². The summed E-state index contributed by atoms with van der Waals surface area (Å²) in [6, 6.07) is 3.55. The minimum Gasteiger partial charge on any atom is -0.330 e. The van der Waals surface area contributed by atoms with Gasteiger partial charge in [-0.25, -0.2) is 8.78 Å². The van der Waals surface area contributed by atoms with Crippen molar-refractivity contribution in [1.82, 2.24) is 10.6 Å². The van der Waals surface area contributed by atoms with Crippen molar-refractivity contribution in [3.05, 3.63) is 28.2 Å². The molecule has 9 heteroatoms. The van der Waals surface area contributed by atoms with Crippen LogP contribution in [-0.4, -0.2) is 37.1 Å². The number of carbonyl (C=O) groups excluding carboxylic acids is 1. The predicted octanol–water partition coefficient (Wildman–Crippen LogP) is 2.44. The quantitative estimate of drug-likeness (QED) is 0.632. The summed E-state index contributed by atoms with van der Waals surface area (Å²) in [6.45, 7) is 1.80. The van der Waals surface area contributed by atoms with Gasteiger partial charge in [0.15, 0.2) is 0 Å². The highest BCUT2D eigenvalue weighted by Gasteiger charge is 2.36. The van der Waals surface area contributed by atoms with Crippen LogP contribution in [0.4, 0.5) is 14.5 Å². The molecule has 24 heavy (non-hydrogen) atoms. The van der Waals surface area contributed by atoms with E-state index < -0.39 is 24.6 Å². The Morgan fingerprint density at radius 1 is 1.38 bits per heavy atom. The number of carbonyl (C=O) groups is 1. The molecule has 5 N–H and O–H groups in total. The van der Waals surface area contributed by atoms with Gasteiger partial charge in [0.1, 0.15) is 0 Å². The molecule has 1 aliphatic heterocycles. The molecule has 0 aromatic heterocycles. The maximum Gasteiger partial charge on any atom is 0.253 e. The van der Waals surface area contributed by atoms with Gasteiger partial charge in [-0.2, -0.15) is 0 Å². The maximum absolute atomic E-state index is 13.0. The Balaban J connectivity index is 2.08. The molecule has 0 aliphatic carbocycles. The third-order valence-corrected chi connectivity index (χ3v) is 4.69. The lowest BCUT2D eigenvalue weighted by molar-refractivity contribution is -0.121. The van der Waals surface area contributed by atoms with E-state index in [-0.39, 0.29) is 24.9 Å². The third-order valence-electron chi connectivity index (χ3n) is 3.95. The zero-order chi connectivity index (χ0) is 17.9. The van der Waals surface area contributed by atoms with Crippen molar-refractivity contribution in [3.63, 3.8) is 0 Å². The third kappa shape index (κ3) is 4.77. The maximum atomic E-state index is 13.0. The number of rotatable bonds is 5. The Morgan fingerprint density at radius 2 is 2.08 bits per heavy atom. The fourth-order valence-electron chi connectivity index (χ4n) is 2.71. The van der Waals surface area contributed by atoms with Crippen LogP contribution in [0.2, 0.25) is 10.0 Å². The lowest BCUT2D eigenvalue weighted by Gasteiger charge is -2.39. The fourth-order valence-corrected chi connectivity index (χ4v) is 3.01. The molecule has 2 rings (SSSR count). The van der Waals surface area contributed by atoms with E-state index in [1.54, 1.807) is 19.1 Å². The van der Waals surface area contributed by atoms with Gasteiger partial charge in [0, 0.05) is 18.3 Å². The molecular formula is C15H20Cl2F2N4O.